The normalized spacial score (nSPS) is 23.4. The molecule has 1 amide bonds. The molecule has 2 aliphatic heterocycles. The summed E-state index contributed by atoms with van der Waals surface area (Å²) in [5.74, 6) is 0.914. The van der Waals surface area contributed by atoms with Crippen molar-refractivity contribution in [2.75, 3.05) is 31.1 Å². The minimum Gasteiger partial charge on any atom is -0.482 e. The fraction of sp³-hybridized carbons (Fsp3) is 0.562. The molecular formula is C16H22N2O3. The minimum atomic E-state index is -0.501. The van der Waals surface area contributed by atoms with Crippen LogP contribution in [0.3, 0.4) is 0 Å². The molecule has 2 N–H and O–H groups in total. The van der Waals surface area contributed by atoms with E-state index in [4.69, 9.17) is 4.74 Å². The van der Waals surface area contributed by atoms with Crippen molar-refractivity contribution >= 4 is 11.6 Å². The number of nitrogens with zero attached hydrogens (tertiary/aromatic N) is 1. The summed E-state index contributed by atoms with van der Waals surface area (Å²) in [5.41, 5.74) is 1.63. The van der Waals surface area contributed by atoms with Gasteiger partial charge in [-0.05, 0) is 44.0 Å². The van der Waals surface area contributed by atoms with Crippen LogP contribution in [-0.2, 0) is 4.79 Å². The van der Waals surface area contributed by atoms with E-state index in [0.717, 1.165) is 37.2 Å². The number of rotatable bonds is 3. The molecule has 1 aromatic carbocycles. The lowest BCUT2D eigenvalue weighted by molar-refractivity contribution is -0.121. The molecule has 2 unspecified atom stereocenters. The molecule has 1 fully saturated rings. The lowest BCUT2D eigenvalue weighted by atomic mass is 9.89. The molecule has 2 atom stereocenters. The zero-order valence-electron chi connectivity index (χ0n) is 12.3. The van der Waals surface area contributed by atoms with Crippen LogP contribution in [0.5, 0.6) is 5.75 Å². The Morgan fingerprint density at radius 3 is 3.10 bits per heavy atom. The van der Waals surface area contributed by atoms with Gasteiger partial charge < -0.3 is 20.1 Å². The third kappa shape index (κ3) is 2.76. The standard InChI is InChI=1S/C16H22N2O3/c1-2-18-13-8-11(5-6-14(13)21-10-15(18)19)16(20)12-4-3-7-17-9-12/h5-6,8,12,16-17,20H,2-4,7,9-10H2,1H3. The summed E-state index contributed by atoms with van der Waals surface area (Å²) < 4.78 is 5.46. The van der Waals surface area contributed by atoms with Gasteiger partial charge in [0.25, 0.3) is 5.91 Å². The van der Waals surface area contributed by atoms with Gasteiger partial charge >= 0.3 is 0 Å². The number of carbonyl (C=O) groups excluding carboxylic acids is 1. The summed E-state index contributed by atoms with van der Waals surface area (Å²) in [6.45, 7) is 4.51. The number of hydrogen-bond donors (Lipinski definition) is 2. The zero-order valence-corrected chi connectivity index (χ0v) is 12.3. The molecule has 0 saturated carbocycles. The molecule has 1 aromatic rings. The van der Waals surface area contributed by atoms with Gasteiger partial charge in [-0.3, -0.25) is 4.79 Å². The van der Waals surface area contributed by atoms with Crippen LogP contribution in [-0.4, -0.2) is 37.3 Å². The molecule has 3 rings (SSSR count). The highest BCUT2D eigenvalue weighted by molar-refractivity contribution is 5.97. The van der Waals surface area contributed by atoms with Crippen LogP contribution in [0.25, 0.3) is 0 Å². The molecule has 21 heavy (non-hydrogen) atoms. The van der Waals surface area contributed by atoms with Crippen molar-refractivity contribution in [1.29, 1.82) is 0 Å². The zero-order chi connectivity index (χ0) is 14.8. The van der Waals surface area contributed by atoms with E-state index >= 15 is 0 Å². The highest BCUT2D eigenvalue weighted by atomic mass is 16.5. The summed E-state index contributed by atoms with van der Waals surface area (Å²) in [5, 5.41) is 13.9. The smallest absolute Gasteiger partial charge is 0.265 e. The van der Waals surface area contributed by atoms with Gasteiger partial charge in [-0.25, -0.2) is 0 Å². The van der Waals surface area contributed by atoms with Gasteiger partial charge in [0, 0.05) is 19.0 Å². The summed E-state index contributed by atoms with van der Waals surface area (Å²) in [7, 11) is 0. The van der Waals surface area contributed by atoms with Crippen molar-refractivity contribution in [2.24, 2.45) is 5.92 Å². The van der Waals surface area contributed by atoms with Gasteiger partial charge in [-0.15, -0.1) is 0 Å². The highest BCUT2D eigenvalue weighted by Crippen LogP contribution is 2.36. The first-order chi connectivity index (χ1) is 10.2. The fourth-order valence-electron chi connectivity index (χ4n) is 3.17. The van der Waals surface area contributed by atoms with Gasteiger partial charge in [-0.2, -0.15) is 0 Å². The molecule has 0 radical (unpaired) electrons. The van der Waals surface area contributed by atoms with Crippen LogP contribution in [0.15, 0.2) is 18.2 Å². The van der Waals surface area contributed by atoms with Crippen molar-refractivity contribution in [1.82, 2.24) is 5.32 Å². The third-order valence-corrected chi connectivity index (χ3v) is 4.37. The maximum Gasteiger partial charge on any atom is 0.265 e. The van der Waals surface area contributed by atoms with Crippen LogP contribution in [0.2, 0.25) is 0 Å². The Bertz CT molecular complexity index is 526. The Morgan fingerprint density at radius 1 is 1.52 bits per heavy atom. The number of likely N-dealkylation sites (N-methyl/N-ethyl adjacent to an activating group) is 1. The number of piperidine rings is 1. The molecule has 5 nitrogen and oxygen atoms in total. The van der Waals surface area contributed by atoms with Crippen LogP contribution in [0.1, 0.15) is 31.4 Å². The van der Waals surface area contributed by atoms with Crippen LogP contribution >= 0.6 is 0 Å². The van der Waals surface area contributed by atoms with Crippen molar-refractivity contribution in [2.45, 2.75) is 25.9 Å². The molecular weight excluding hydrogens is 268 g/mol. The van der Waals surface area contributed by atoms with Crippen LogP contribution in [0.4, 0.5) is 5.69 Å². The predicted molar refractivity (Wildman–Crippen MR) is 80.5 cm³/mol. The van der Waals surface area contributed by atoms with E-state index in [1.54, 1.807) is 4.90 Å². The average Bonchev–Trinajstić information content (AvgIpc) is 2.54. The second-order valence-corrected chi connectivity index (χ2v) is 5.71. The molecule has 2 aliphatic rings. The van der Waals surface area contributed by atoms with Gasteiger partial charge in [0.2, 0.25) is 0 Å². The van der Waals surface area contributed by atoms with Crippen molar-refractivity contribution < 1.29 is 14.6 Å². The predicted octanol–water partition coefficient (Wildman–Crippen LogP) is 1.46. The molecule has 0 spiro atoms. The fourth-order valence-corrected chi connectivity index (χ4v) is 3.17. The molecule has 0 aromatic heterocycles. The minimum absolute atomic E-state index is 0.0315. The number of anilines is 1. The molecule has 5 heteroatoms. The van der Waals surface area contributed by atoms with Gasteiger partial charge in [0.05, 0.1) is 11.8 Å². The maximum atomic E-state index is 11.9. The summed E-state index contributed by atoms with van der Waals surface area (Å²) >= 11 is 0. The van der Waals surface area contributed by atoms with E-state index in [0.29, 0.717) is 12.3 Å². The Kier molecular flexibility index (Phi) is 4.12. The van der Waals surface area contributed by atoms with Gasteiger partial charge in [0.15, 0.2) is 6.61 Å². The molecule has 2 heterocycles. The summed E-state index contributed by atoms with van der Waals surface area (Å²) in [6.07, 6.45) is 1.62. The summed E-state index contributed by atoms with van der Waals surface area (Å²) in [4.78, 5) is 13.6. The average molecular weight is 290 g/mol. The number of hydrogen-bond acceptors (Lipinski definition) is 4. The van der Waals surface area contributed by atoms with E-state index in [-0.39, 0.29) is 18.4 Å². The van der Waals surface area contributed by atoms with Crippen LogP contribution < -0.4 is 15.0 Å². The molecule has 0 bridgehead atoms. The van der Waals surface area contributed by atoms with Crippen LogP contribution in [0, 0.1) is 5.92 Å². The SMILES string of the molecule is CCN1C(=O)COc2ccc(C(O)C3CCCNC3)cc21. The number of fused-ring (bicyclic) bond motifs is 1. The number of nitrogens with one attached hydrogen (secondary N) is 1. The molecule has 114 valence electrons. The number of benzene rings is 1. The van der Waals surface area contributed by atoms with Gasteiger partial charge in [-0.1, -0.05) is 6.07 Å². The van der Waals surface area contributed by atoms with Crippen molar-refractivity contribution in [3.05, 3.63) is 23.8 Å². The number of aliphatic hydroxyl groups excluding tert-OH is 1. The number of aliphatic hydroxyl groups is 1. The summed E-state index contributed by atoms with van der Waals surface area (Å²) in [6, 6.07) is 5.66. The lowest BCUT2D eigenvalue weighted by Gasteiger charge is -2.31. The third-order valence-electron chi connectivity index (χ3n) is 4.37. The van der Waals surface area contributed by atoms with E-state index < -0.39 is 6.10 Å². The van der Waals surface area contributed by atoms with E-state index in [1.807, 2.05) is 25.1 Å². The Morgan fingerprint density at radius 2 is 2.38 bits per heavy atom. The first-order valence-corrected chi connectivity index (χ1v) is 7.66. The van der Waals surface area contributed by atoms with Crippen molar-refractivity contribution in [3.8, 4) is 5.75 Å². The monoisotopic (exact) mass is 290 g/mol. The van der Waals surface area contributed by atoms with Gasteiger partial charge in [0.1, 0.15) is 5.75 Å². The Hall–Kier alpha value is -1.59. The Labute approximate surface area is 124 Å². The quantitative estimate of drug-likeness (QED) is 0.885. The van der Waals surface area contributed by atoms with E-state index in [2.05, 4.69) is 5.32 Å². The first-order valence-electron chi connectivity index (χ1n) is 7.66. The molecule has 0 aliphatic carbocycles. The second-order valence-electron chi connectivity index (χ2n) is 5.71. The lowest BCUT2D eigenvalue weighted by Crippen LogP contribution is -2.38. The highest BCUT2D eigenvalue weighted by Gasteiger charge is 2.28. The topological polar surface area (TPSA) is 61.8 Å². The number of ether oxygens (including phenoxy) is 1. The first kappa shape index (κ1) is 14.4. The number of carbonyl (C=O) groups is 1. The number of amides is 1. The van der Waals surface area contributed by atoms with Crippen molar-refractivity contribution in [3.63, 3.8) is 0 Å². The van der Waals surface area contributed by atoms with E-state index in [1.165, 1.54) is 0 Å². The largest absolute Gasteiger partial charge is 0.482 e. The Balaban J connectivity index is 1.87. The molecule has 1 saturated heterocycles. The maximum absolute atomic E-state index is 11.9. The second kappa shape index (κ2) is 6.03. The van der Waals surface area contributed by atoms with E-state index in [9.17, 15) is 9.90 Å².